The molecule has 1 aliphatic carbocycles. The molecule has 3 aliphatic heterocycles. The van der Waals surface area contributed by atoms with Crippen molar-refractivity contribution in [3.8, 4) is 5.75 Å². The lowest BCUT2D eigenvalue weighted by Gasteiger charge is -2.30. The van der Waals surface area contributed by atoms with E-state index in [9.17, 15) is 4.79 Å². The van der Waals surface area contributed by atoms with Crippen molar-refractivity contribution >= 4 is 33.5 Å². The Morgan fingerprint density at radius 1 is 1.12 bits per heavy atom. The van der Waals surface area contributed by atoms with Gasteiger partial charge in [-0.2, -0.15) is 0 Å². The molecule has 0 radical (unpaired) electrons. The van der Waals surface area contributed by atoms with Gasteiger partial charge in [0.1, 0.15) is 18.5 Å². The van der Waals surface area contributed by atoms with Crippen molar-refractivity contribution in [3.63, 3.8) is 0 Å². The number of methoxy groups -OCH3 is 1. The molecule has 4 aliphatic rings. The lowest BCUT2D eigenvalue weighted by atomic mass is 9.89. The maximum absolute atomic E-state index is 11.6. The van der Waals surface area contributed by atoms with E-state index in [0.717, 1.165) is 70.8 Å². The monoisotopic (exact) mass is 684 g/mol. The van der Waals surface area contributed by atoms with E-state index < -0.39 is 0 Å². The first kappa shape index (κ1) is 33.2. The van der Waals surface area contributed by atoms with Gasteiger partial charge in [-0.3, -0.25) is 4.79 Å². The maximum Gasteiger partial charge on any atom is 0.305 e. The summed E-state index contributed by atoms with van der Waals surface area (Å²) in [5.74, 6) is 1.00. The maximum atomic E-state index is 11.6. The van der Waals surface area contributed by atoms with Crippen molar-refractivity contribution in [2.75, 3.05) is 26.9 Å². The molecule has 4 unspecified atom stereocenters. The first-order chi connectivity index (χ1) is 21.0. The smallest absolute Gasteiger partial charge is 0.305 e. The Morgan fingerprint density at radius 3 is 2.63 bits per heavy atom. The zero-order valence-electron chi connectivity index (χ0n) is 25.1. The molecule has 1 aromatic carbocycles. The molecule has 43 heavy (non-hydrogen) atoms. The van der Waals surface area contributed by atoms with Crippen LogP contribution < -0.4 is 4.74 Å². The van der Waals surface area contributed by atoms with Gasteiger partial charge in [0.05, 0.1) is 25.4 Å². The summed E-state index contributed by atoms with van der Waals surface area (Å²) in [5, 5.41) is 0.634. The number of hydrogen-bond acceptors (Lipinski definition) is 8. The first-order valence-electron chi connectivity index (χ1n) is 16.0. The highest BCUT2D eigenvalue weighted by molar-refractivity contribution is 9.09. The molecule has 0 amide bonds. The molecule has 0 bridgehead atoms. The molecule has 0 N–H and O–H groups in total. The predicted molar refractivity (Wildman–Crippen MR) is 166 cm³/mol. The summed E-state index contributed by atoms with van der Waals surface area (Å²) in [6, 6.07) is 7.42. The van der Waals surface area contributed by atoms with Crippen LogP contribution in [-0.2, 0) is 33.2 Å². The van der Waals surface area contributed by atoms with Crippen molar-refractivity contribution in [2.24, 2.45) is 11.8 Å². The van der Waals surface area contributed by atoms with E-state index in [0.29, 0.717) is 36.3 Å². The van der Waals surface area contributed by atoms with Crippen molar-refractivity contribution in [3.05, 3.63) is 41.4 Å². The molecule has 3 saturated heterocycles. The standard InChI is InChI=1S/C33H46BrClO8/c1-37-31(36)11-7-10-27(34)30-19-26-25(28(20-29(26)42-30)43-33-13-3-5-17-39-33)15-14-24(41-32-12-2-4-16-38-32)21-40-23-9-6-8-22(35)18-23/h6,8-9,14-15,18,24-30,32-33H,2-5,7,10-13,16-17,19-21H2,1H3/t24-,25-,26-,27?,28-,29-,30?,32?,33?/m1/s1. The Labute approximate surface area is 269 Å². The van der Waals surface area contributed by atoms with Crippen LogP contribution in [0.2, 0.25) is 5.02 Å². The topological polar surface area (TPSA) is 81.7 Å². The van der Waals surface area contributed by atoms with Crippen molar-refractivity contribution in [1.82, 2.24) is 0 Å². The number of hydrogen-bond donors (Lipinski definition) is 0. The molecule has 8 nitrogen and oxygen atoms in total. The molecule has 1 saturated carbocycles. The third kappa shape index (κ3) is 9.89. The highest BCUT2D eigenvalue weighted by Crippen LogP contribution is 2.47. The Kier molecular flexibility index (Phi) is 13.1. The summed E-state index contributed by atoms with van der Waals surface area (Å²) in [6.45, 7) is 1.81. The van der Waals surface area contributed by atoms with Gasteiger partial charge >= 0.3 is 5.97 Å². The molecule has 3 heterocycles. The van der Waals surface area contributed by atoms with Gasteiger partial charge in [-0.25, -0.2) is 0 Å². The fourth-order valence-electron chi connectivity index (χ4n) is 6.63. The highest BCUT2D eigenvalue weighted by atomic mass is 79.9. The van der Waals surface area contributed by atoms with Crippen LogP contribution in [0.3, 0.4) is 0 Å². The fraction of sp³-hybridized carbons (Fsp3) is 0.727. The third-order valence-corrected chi connectivity index (χ3v) is 10.2. The number of ether oxygens (including phenoxy) is 7. The number of fused-ring (bicyclic) bond motifs is 1. The largest absolute Gasteiger partial charge is 0.490 e. The van der Waals surface area contributed by atoms with Crippen LogP contribution in [0.15, 0.2) is 36.4 Å². The minimum absolute atomic E-state index is 0.00355. The summed E-state index contributed by atoms with van der Waals surface area (Å²) in [4.78, 5) is 11.8. The summed E-state index contributed by atoms with van der Waals surface area (Å²) in [5.41, 5.74) is 0. The summed E-state index contributed by atoms with van der Waals surface area (Å²) in [6.07, 6.45) is 13.8. The van der Waals surface area contributed by atoms with Crippen LogP contribution in [0.4, 0.5) is 0 Å². The molecular formula is C33H46BrClO8. The molecule has 0 spiro atoms. The number of rotatable bonds is 14. The van der Waals surface area contributed by atoms with E-state index >= 15 is 0 Å². The Balaban J connectivity index is 1.27. The Hall–Kier alpha value is -1.20. The number of halogens is 2. The van der Waals surface area contributed by atoms with Crippen molar-refractivity contribution < 1.29 is 38.0 Å². The highest BCUT2D eigenvalue weighted by Gasteiger charge is 2.51. The summed E-state index contributed by atoms with van der Waals surface area (Å²) >= 11 is 10.0. The zero-order valence-corrected chi connectivity index (χ0v) is 27.4. The molecule has 0 aromatic heterocycles. The number of carbonyl (C=O) groups is 1. The van der Waals surface area contributed by atoms with Crippen LogP contribution >= 0.6 is 27.5 Å². The molecule has 4 fully saturated rings. The summed E-state index contributed by atoms with van der Waals surface area (Å²) < 4.78 is 42.4. The molecule has 10 heteroatoms. The van der Waals surface area contributed by atoms with Crippen molar-refractivity contribution in [2.45, 2.75) is 112 Å². The number of benzene rings is 1. The van der Waals surface area contributed by atoms with Gasteiger partial charge in [-0.05, 0) is 81.9 Å². The minimum Gasteiger partial charge on any atom is -0.490 e. The van der Waals surface area contributed by atoms with E-state index in [4.69, 9.17) is 44.8 Å². The van der Waals surface area contributed by atoms with Crippen molar-refractivity contribution in [1.29, 1.82) is 0 Å². The lowest BCUT2D eigenvalue weighted by Crippen LogP contribution is -2.33. The number of esters is 1. The van der Waals surface area contributed by atoms with Gasteiger partial charge in [-0.1, -0.05) is 45.7 Å². The molecule has 9 atom stereocenters. The van der Waals surface area contributed by atoms with Gasteiger partial charge in [0.15, 0.2) is 12.6 Å². The predicted octanol–water partition coefficient (Wildman–Crippen LogP) is 7.00. The number of alkyl halides is 1. The van der Waals surface area contributed by atoms with Crippen LogP contribution in [-0.4, -0.2) is 74.7 Å². The second kappa shape index (κ2) is 16.9. The normalized spacial score (nSPS) is 32.4. The van der Waals surface area contributed by atoms with Crippen LogP contribution in [0, 0.1) is 11.8 Å². The van der Waals surface area contributed by atoms with Gasteiger partial charge in [0, 0.05) is 41.8 Å². The Bertz CT molecular complexity index is 1030. The second-order valence-electron chi connectivity index (χ2n) is 12.0. The van der Waals surface area contributed by atoms with Gasteiger partial charge < -0.3 is 33.2 Å². The fourth-order valence-corrected chi connectivity index (χ4v) is 7.47. The van der Waals surface area contributed by atoms with E-state index in [1.54, 1.807) is 0 Å². The minimum atomic E-state index is -0.298. The second-order valence-corrected chi connectivity index (χ2v) is 13.6. The van der Waals surface area contributed by atoms with Crippen LogP contribution in [0.5, 0.6) is 5.75 Å². The van der Waals surface area contributed by atoms with Gasteiger partial charge in [0.25, 0.3) is 0 Å². The van der Waals surface area contributed by atoms with Crippen LogP contribution in [0.25, 0.3) is 0 Å². The van der Waals surface area contributed by atoms with Gasteiger partial charge in [-0.15, -0.1) is 0 Å². The van der Waals surface area contributed by atoms with E-state index in [1.807, 2.05) is 24.3 Å². The molecule has 240 valence electrons. The number of carbonyl (C=O) groups excluding carboxylic acids is 1. The molecular weight excluding hydrogens is 640 g/mol. The average molecular weight is 686 g/mol. The molecule has 1 aromatic rings. The third-order valence-electron chi connectivity index (χ3n) is 8.90. The quantitative estimate of drug-likeness (QED) is 0.118. The summed E-state index contributed by atoms with van der Waals surface area (Å²) in [7, 11) is 1.43. The lowest BCUT2D eigenvalue weighted by molar-refractivity contribution is -0.194. The van der Waals surface area contributed by atoms with E-state index in [-0.39, 0.29) is 53.7 Å². The van der Waals surface area contributed by atoms with Gasteiger partial charge in [0.2, 0.25) is 0 Å². The molecule has 5 rings (SSSR count). The average Bonchev–Trinajstić information content (AvgIpc) is 3.57. The first-order valence-corrected chi connectivity index (χ1v) is 17.2. The zero-order chi connectivity index (χ0) is 30.0. The SMILES string of the molecule is COC(=O)CCCC(Br)C1C[C@@H]2[C@@H](C=C[C@H](COc3cccc(Cl)c3)OC3CCCCO3)[C@H](OC3CCCCO3)C[C@H]2O1. The van der Waals surface area contributed by atoms with Crippen LogP contribution in [0.1, 0.15) is 70.6 Å². The van der Waals surface area contributed by atoms with E-state index in [1.165, 1.54) is 7.11 Å². The Morgan fingerprint density at radius 2 is 1.91 bits per heavy atom. The van der Waals surface area contributed by atoms with E-state index in [2.05, 4.69) is 28.1 Å².